The van der Waals surface area contributed by atoms with Crippen molar-refractivity contribution < 1.29 is 13.9 Å². The number of ether oxygens (including phenoxy) is 1. The largest absolute Gasteiger partial charge is 0.497 e. The van der Waals surface area contributed by atoms with E-state index in [0.29, 0.717) is 17.0 Å². The van der Waals surface area contributed by atoms with Crippen LogP contribution in [0.1, 0.15) is 16.8 Å². The van der Waals surface area contributed by atoms with Crippen LogP contribution in [0.5, 0.6) is 5.75 Å². The number of ketones is 1. The van der Waals surface area contributed by atoms with Gasteiger partial charge in [0.1, 0.15) is 11.6 Å². The molecule has 20 heavy (non-hydrogen) atoms. The number of rotatable bonds is 5. The van der Waals surface area contributed by atoms with Gasteiger partial charge in [0.2, 0.25) is 0 Å². The van der Waals surface area contributed by atoms with Crippen molar-refractivity contribution in [2.75, 3.05) is 7.11 Å². The van der Waals surface area contributed by atoms with Crippen molar-refractivity contribution in [2.45, 2.75) is 6.42 Å². The van der Waals surface area contributed by atoms with Crippen molar-refractivity contribution in [3.05, 3.63) is 59.9 Å². The number of hydrogen-bond acceptors (Lipinski definition) is 3. The summed E-state index contributed by atoms with van der Waals surface area (Å²) < 4.78 is 17.7. The monoisotopic (exact) mass is 271 g/mol. The van der Waals surface area contributed by atoms with Gasteiger partial charge in [-0.05, 0) is 48.5 Å². The zero-order chi connectivity index (χ0) is 14.4. The summed E-state index contributed by atoms with van der Waals surface area (Å²) in [7, 11) is 1.58. The first-order chi connectivity index (χ1) is 9.69. The van der Waals surface area contributed by atoms with Crippen LogP contribution >= 0.6 is 0 Å². The molecule has 0 unspecified atom stereocenters. The fraction of sp³-hybridized carbons (Fsp3) is 0.125. The Morgan fingerprint density at radius 2 is 1.80 bits per heavy atom. The minimum absolute atomic E-state index is 0.0292. The predicted molar refractivity (Wildman–Crippen MR) is 76.5 cm³/mol. The summed E-state index contributed by atoms with van der Waals surface area (Å²) in [5.74, 6) is 0.373. The van der Waals surface area contributed by atoms with E-state index in [9.17, 15) is 9.18 Å². The van der Waals surface area contributed by atoms with Crippen molar-refractivity contribution in [1.82, 2.24) is 0 Å². The van der Waals surface area contributed by atoms with E-state index >= 15 is 0 Å². The lowest BCUT2D eigenvalue weighted by Gasteiger charge is -2.01. The first kappa shape index (κ1) is 13.9. The Balaban J connectivity index is 1.95. The highest BCUT2D eigenvalue weighted by Crippen LogP contribution is 2.14. The Labute approximate surface area is 116 Å². The molecule has 2 aromatic carbocycles. The maximum Gasteiger partial charge on any atom is 0.168 e. The van der Waals surface area contributed by atoms with Gasteiger partial charge in [0.15, 0.2) is 5.78 Å². The number of carbonyl (C=O) groups excluding carboxylic acids is 1. The van der Waals surface area contributed by atoms with Crippen LogP contribution in [0.2, 0.25) is 0 Å². The summed E-state index contributed by atoms with van der Waals surface area (Å²) in [6, 6.07) is 12.7. The molecule has 4 heteroatoms. The molecule has 0 saturated heterocycles. The lowest BCUT2D eigenvalue weighted by Crippen LogP contribution is -1.99. The summed E-state index contributed by atoms with van der Waals surface area (Å²) in [5, 5.41) is 0. The molecule has 0 aliphatic heterocycles. The molecule has 0 atom stereocenters. The van der Waals surface area contributed by atoms with Crippen LogP contribution in [0.4, 0.5) is 10.1 Å². The number of halogens is 1. The van der Waals surface area contributed by atoms with E-state index in [1.54, 1.807) is 43.5 Å². The molecule has 2 aromatic rings. The van der Waals surface area contributed by atoms with Gasteiger partial charge < -0.3 is 4.74 Å². The van der Waals surface area contributed by atoms with E-state index < -0.39 is 0 Å². The fourth-order valence-corrected chi connectivity index (χ4v) is 1.66. The molecule has 0 aliphatic carbocycles. The molecule has 0 aromatic heterocycles. The van der Waals surface area contributed by atoms with E-state index in [-0.39, 0.29) is 18.0 Å². The van der Waals surface area contributed by atoms with Crippen molar-refractivity contribution in [3.63, 3.8) is 0 Å². The van der Waals surface area contributed by atoms with Gasteiger partial charge in [0.05, 0.1) is 12.8 Å². The lowest BCUT2D eigenvalue weighted by molar-refractivity contribution is 0.100. The highest BCUT2D eigenvalue weighted by molar-refractivity contribution is 6.03. The molecule has 0 saturated carbocycles. The Bertz CT molecular complexity index is 603. The molecule has 2 rings (SSSR count). The number of carbonyl (C=O) groups is 1. The number of benzene rings is 2. The fourth-order valence-electron chi connectivity index (χ4n) is 1.66. The van der Waals surface area contributed by atoms with Crippen LogP contribution in [-0.2, 0) is 0 Å². The van der Waals surface area contributed by atoms with Crippen molar-refractivity contribution in [2.24, 2.45) is 4.99 Å². The second kappa shape index (κ2) is 6.61. The summed E-state index contributed by atoms with van der Waals surface area (Å²) in [6.07, 6.45) is 1.73. The van der Waals surface area contributed by atoms with Gasteiger partial charge in [0, 0.05) is 18.2 Å². The topological polar surface area (TPSA) is 38.7 Å². The zero-order valence-corrected chi connectivity index (χ0v) is 11.0. The molecule has 0 radical (unpaired) electrons. The van der Waals surface area contributed by atoms with Gasteiger partial charge in [-0.1, -0.05) is 0 Å². The SMILES string of the molecule is COc1ccc(C(=O)CC=Nc2ccc(F)cc2)cc1. The van der Waals surface area contributed by atoms with Gasteiger partial charge in [-0.3, -0.25) is 9.79 Å². The third-order valence-corrected chi connectivity index (χ3v) is 2.76. The predicted octanol–water partition coefficient (Wildman–Crippen LogP) is 3.81. The highest BCUT2D eigenvalue weighted by Gasteiger charge is 2.03. The smallest absolute Gasteiger partial charge is 0.168 e. The molecule has 0 fully saturated rings. The quantitative estimate of drug-likeness (QED) is 0.612. The summed E-state index contributed by atoms with van der Waals surface area (Å²) in [5.41, 5.74) is 1.23. The Morgan fingerprint density at radius 3 is 2.40 bits per heavy atom. The molecular weight excluding hydrogens is 257 g/mol. The van der Waals surface area contributed by atoms with Crippen LogP contribution < -0.4 is 4.74 Å². The van der Waals surface area contributed by atoms with Gasteiger partial charge in [-0.2, -0.15) is 0 Å². The average Bonchev–Trinajstić information content (AvgIpc) is 2.49. The molecule has 102 valence electrons. The van der Waals surface area contributed by atoms with Crippen LogP contribution in [0.15, 0.2) is 53.5 Å². The Hall–Kier alpha value is -2.49. The minimum atomic E-state index is -0.307. The normalized spacial score (nSPS) is 10.7. The third kappa shape index (κ3) is 3.75. The number of methoxy groups -OCH3 is 1. The van der Waals surface area contributed by atoms with Crippen LogP contribution in [-0.4, -0.2) is 19.1 Å². The van der Waals surface area contributed by atoms with Gasteiger partial charge >= 0.3 is 0 Å². The number of Topliss-reactive ketones (excluding diaryl/α,β-unsaturated/α-hetero) is 1. The average molecular weight is 271 g/mol. The lowest BCUT2D eigenvalue weighted by atomic mass is 10.1. The summed E-state index contributed by atoms with van der Waals surface area (Å²) >= 11 is 0. The highest BCUT2D eigenvalue weighted by atomic mass is 19.1. The molecule has 3 nitrogen and oxygen atoms in total. The van der Waals surface area contributed by atoms with Gasteiger partial charge in [0.25, 0.3) is 0 Å². The van der Waals surface area contributed by atoms with Crippen molar-refractivity contribution >= 4 is 17.7 Å². The first-order valence-electron chi connectivity index (χ1n) is 6.14. The number of hydrogen-bond donors (Lipinski definition) is 0. The maximum absolute atomic E-state index is 12.7. The van der Waals surface area contributed by atoms with E-state index in [0.717, 1.165) is 0 Å². The molecular formula is C16H14FNO2. The van der Waals surface area contributed by atoms with Crippen molar-refractivity contribution in [3.8, 4) is 5.75 Å². The summed E-state index contributed by atoms with van der Waals surface area (Å²) in [6.45, 7) is 0. The second-order valence-electron chi connectivity index (χ2n) is 4.14. The minimum Gasteiger partial charge on any atom is -0.497 e. The van der Waals surface area contributed by atoms with E-state index in [2.05, 4.69) is 4.99 Å². The molecule has 0 amide bonds. The van der Waals surface area contributed by atoms with Crippen molar-refractivity contribution in [1.29, 1.82) is 0 Å². The number of nitrogens with zero attached hydrogens (tertiary/aromatic N) is 1. The molecule has 0 N–H and O–H groups in total. The second-order valence-corrected chi connectivity index (χ2v) is 4.14. The van der Waals surface area contributed by atoms with Crippen LogP contribution in [0.25, 0.3) is 0 Å². The molecule has 0 heterocycles. The zero-order valence-electron chi connectivity index (χ0n) is 11.0. The van der Waals surface area contributed by atoms with E-state index in [1.807, 2.05) is 0 Å². The Morgan fingerprint density at radius 1 is 1.15 bits per heavy atom. The molecule has 0 spiro atoms. The van der Waals surface area contributed by atoms with Crippen LogP contribution in [0, 0.1) is 5.82 Å². The van der Waals surface area contributed by atoms with E-state index in [1.165, 1.54) is 18.3 Å². The maximum atomic E-state index is 12.7. The number of aliphatic imine (C=N–C) groups is 1. The standard InChI is InChI=1S/C16H14FNO2/c1-20-15-8-2-12(3-9-15)16(19)10-11-18-14-6-4-13(17)5-7-14/h2-9,11H,10H2,1H3. The summed E-state index contributed by atoms with van der Waals surface area (Å²) in [4.78, 5) is 16.0. The van der Waals surface area contributed by atoms with E-state index in [4.69, 9.17) is 4.74 Å². The van der Waals surface area contributed by atoms with Gasteiger partial charge in [-0.25, -0.2) is 4.39 Å². The van der Waals surface area contributed by atoms with Crippen LogP contribution in [0.3, 0.4) is 0 Å². The first-order valence-corrected chi connectivity index (χ1v) is 6.14. The molecule has 0 bridgehead atoms. The Kier molecular flexibility index (Phi) is 4.60. The van der Waals surface area contributed by atoms with Gasteiger partial charge in [-0.15, -0.1) is 0 Å². The molecule has 0 aliphatic rings. The third-order valence-electron chi connectivity index (χ3n) is 2.76.